The highest BCUT2D eigenvalue weighted by Gasteiger charge is 2.30. The molecule has 3 amide bonds. The maximum Gasteiger partial charge on any atom is 0.290 e. The van der Waals surface area contributed by atoms with E-state index >= 15 is 0 Å². The number of hydrogen-bond donors (Lipinski definition) is 2. The molecule has 5 rings (SSSR count). The van der Waals surface area contributed by atoms with Gasteiger partial charge >= 0.3 is 0 Å². The molecule has 1 aliphatic rings. The van der Waals surface area contributed by atoms with E-state index in [4.69, 9.17) is 0 Å². The predicted octanol–water partition coefficient (Wildman–Crippen LogP) is 2.88. The van der Waals surface area contributed by atoms with Crippen LogP contribution in [0.2, 0.25) is 0 Å². The highest BCUT2D eigenvalue weighted by atomic mass is 16.2. The molecule has 9 nitrogen and oxygen atoms in total. The zero-order valence-electron chi connectivity index (χ0n) is 20.4. The summed E-state index contributed by atoms with van der Waals surface area (Å²) in [6, 6.07) is 20.1. The van der Waals surface area contributed by atoms with Gasteiger partial charge in [0.15, 0.2) is 5.69 Å². The summed E-state index contributed by atoms with van der Waals surface area (Å²) in [5.74, 6) is -1.58. The van der Waals surface area contributed by atoms with Crippen LogP contribution in [0, 0.1) is 5.92 Å². The summed E-state index contributed by atoms with van der Waals surface area (Å²) in [5, 5.41) is 6.84. The van der Waals surface area contributed by atoms with Crippen LogP contribution in [0.25, 0.3) is 21.5 Å². The second-order valence-electron chi connectivity index (χ2n) is 9.08. The molecular weight excluding hydrogens is 470 g/mol. The molecule has 1 aromatic heterocycles. The number of amides is 3. The van der Waals surface area contributed by atoms with E-state index in [9.17, 15) is 19.2 Å². The molecule has 1 aliphatic heterocycles. The Kier molecular flexibility index (Phi) is 6.68. The topological polar surface area (TPSA) is 113 Å². The quantitative estimate of drug-likeness (QED) is 0.421. The van der Waals surface area contributed by atoms with Gasteiger partial charge in [-0.2, -0.15) is 5.10 Å². The average Bonchev–Trinajstić information content (AvgIpc) is 2.95. The fourth-order valence-electron chi connectivity index (χ4n) is 4.85. The van der Waals surface area contributed by atoms with Crippen molar-refractivity contribution in [2.45, 2.75) is 26.3 Å². The van der Waals surface area contributed by atoms with Crippen LogP contribution in [-0.2, 0) is 11.3 Å². The minimum atomic E-state index is -0.619. The number of aromatic nitrogens is 2. The van der Waals surface area contributed by atoms with Crippen LogP contribution in [-0.4, -0.2) is 45.5 Å². The van der Waals surface area contributed by atoms with E-state index in [0.717, 1.165) is 10.8 Å². The van der Waals surface area contributed by atoms with Crippen molar-refractivity contribution >= 4 is 39.3 Å². The molecule has 9 heteroatoms. The number of hydrogen-bond acceptors (Lipinski definition) is 5. The van der Waals surface area contributed by atoms with E-state index in [1.54, 1.807) is 36.1 Å². The second kappa shape index (κ2) is 10.2. The molecule has 1 atom stereocenters. The highest BCUT2D eigenvalue weighted by molar-refractivity contribution is 6.07. The van der Waals surface area contributed by atoms with Gasteiger partial charge in [-0.15, -0.1) is 0 Å². The number of benzene rings is 3. The molecule has 0 spiro atoms. The van der Waals surface area contributed by atoms with Gasteiger partial charge in [-0.25, -0.2) is 4.68 Å². The first kappa shape index (κ1) is 24.2. The van der Waals surface area contributed by atoms with Gasteiger partial charge in [0.2, 0.25) is 5.91 Å². The standard InChI is InChI=1S/C28H27N5O4/c1-2-33-28(37)23-14-6-5-13-21(23)24(31-33)26(35)30-29-25(34)19-11-8-16-32(17-19)27(36)22-15-7-10-18-9-3-4-12-20(18)22/h3-7,9-10,12-15,19H,2,8,11,16-17H2,1H3,(H,29,34)(H,30,35). The molecule has 2 heterocycles. The molecule has 0 bridgehead atoms. The van der Waals surface area contributed by atoms with Gasteiger partial charge in [-0.05, 0) is 42.7 Å². The lowest BCUT2D eigenvalue weighted by atomic mass is 9.96. The van der Waals surface area contributed by atoms with Gasteiger partial charge in [-0.1, -0.05) is 54.6 Å². The first-order chi connectivity index (χ1) is 18.0. The first-order valence-corrected chi connectivity index (χ1v) is 12.3. The Balaban J connectivity index is 1.28. The highest BCUT2D eigenvalue weighted by Crippen LogP contribution is 2.23. The van der Waals surface area contributed by atoms with Crippen LogP contribution >= 0.6 is 0 Å². The molecule has 0 saturated carbocycles. The molecule has 1 unspecified atom stereocenters. The Labute approximate surface area is 213 Å². The minimum Gasteiger partial charge on any atom is -0.338 e. The number of nitrogens with one attached hydrogen (secondary N) is 2. The summed E-state index contributed by atoms with van der Waals surface area (Å²) >= 11 is 0. The van der Waals surface area contributed by atoms with Crippen molar-refractivity contribution in [1.29, 1.82) is 0 Å². The molecular formula is C28H27N5O4. The van der Waals surface area contributed by atoms with Crippen LogP contribution < -0.4 is 16.4 Å². The van der Waals surface area contributed by atoms with Crippen molar-refractivity contribution in [2.24, 2.45) is 5.92 Å². The van der Waals surface area contributed by atoms with Crippen LogP contribution in [0.3, 0.4) is 0 Å². The van der Waals surface area contributed by atoms with Crippen molar-refractivity contribution in [3.63, 3.8) is 0 Å². The normalized spacial score (nSPS) is 15.5. The van der Waals surface area contributed by atoms with Gasteiger partial charge in [0.25, 0.3) is 17.4 Å². The van der Waals surface area contributed by atoms with E-state index in [-0.39, 0.29) is 29.6 Å². The number of aryl methyl sites for hydroxylation is 1. The Hall–Kier alpha value is -4.53. The molecule has 2 N–H and O–H groups in total. The number of carbonyl (C=O) groups excluding carboxylic acids is 3. The van der Waals surface area contributed by atoms with Gasteiger partial charge in [0, 0.05) is 30.6 Å². The first-order valence-electron chi connectivity index (χ1n) is 12.3. The number of fused-ring (bicyclic) bond motifs is 2. The summed E-state index contributed by atoms with van der Waals surface area (Å²) in [6.45, 7) is 2.89. The fourth-order valence-corrected chi connectivity index (χ4v) is 4.85. The van der Waals surface area contributed by atoms with E-state index in [2.05, 4.69) is 16.0 Å². The monoisotopic (exact) mass is 497 g/mol. The Morgan fingerprint density at radius 2 is 1.62 bits per heavy atom. The third-order valence-corrected chi connectivity index (χ3v) is 6.78. The molecule has 0 aliphatic carbocycles. The number of piperidine rings is 1. The summed E-state index contributed by atoms with van der Waals surface area (Å²) < 4.78 is 1.22. The van der Waals surface area contributed by atoms with Crippen molar-refractivity contribution in [2.75, 3.05) is 13.1 Å². The number of nitrogens with zero attached hydrogens (tertiary/aromatic N) is 3. The van der Waals surface area contributed by atoms with E-state index < -0.39 is 11.8 Å². The zero-order chi connectivity index (χ0) is 25.9. The number of likely N-dealkylation sites (tertiary alicyclic amines) is 1. The third kappa shape index (κ3) is 4.67. The maximum absolute atomic E-state index is 13.3. The molecule has 1 fully saturated rings. The number of hydrazine groups is 1. The summed E-state index contributed by atoms with van der Waals surface area (Å²) in [7, 11) is 0. The van der Waals surface area contributed by atoms with Crippen molar-refractivity contribution in [3.8, 4) is 0 Å². The molecule has 1 saturated heterocycles. The minimum absolute atomic E-state index is 0.0498. The molecule has 4 aromatic rings. The number of carbonyl (C=O) groups is 3. The van der Waals surface area contributed by atoms with Crippen molar-refractivity contribution in [1.82, 2.24) is 25.5 Å². The van der Waals surface area contributed by atoms with Crippen LogP contribution in [0.4, 0.5) is 0 Å². The summed E-state index contributed by atoms with van der Waals surface area (Å²) in [6.07, 6.45) is 1.28. The summed E-state index contributed by atoms with van der Waals surface area (Å²) in [5.41, 5.74) is 5.31. The molecule has 37 heavy (non-hydrogen) atoms. The zero-order valence-corrected chi connectivity index (χ0v) is 20.4. The average molecular weight is 498 g/mol. The molecule has 3 aromatic carbocycles. The number of rotatable bonds is 4. The van der Waals surface area contributed by atoms with Crippen LogP contribution in [0.5, 0.6) is 0 Å². The van der Waals surface area contributed by atoms with Gasteiger partial charge in [0.1, 0.15) is 0 Å². The SMILES string of the molecule is CCn1nc(C(=O)NNC(=O)C2CCCN(C(=O)c3cccc4ccccc34)C2)c2ccccc2c1=O. The van der Waals surface area contributed by atoms with Crippen molar-refractivity contribution in [3.05, 3.63) is 88.3 Å². The Bertz CT molecular complexity index is 1570. The third-order valence-electron chi connectivity index (χ3n) is 6.78. The fraction of sp³-hybridized carbons (Fsp3) is 0.250. The molecule has 188 valence electrons. The lowest BCUT2D eigenvalue weighted by Crippen LogP contribution is -2.50. The second-order valence-corrected chi connectivity index (χ2v) is 9.08. The Morgan fingerprint density at radius 3 is 2.41 bits per heavy atom. The van der Waals surface area contributed by atoms with Gasteiger partial charge in [-0.3, -0.25) is 30.0 Å². The summed E-state index contributed by atoms with van der Waals surface area (Å²) in [4.78, 5) is 53.5. The van der Waals surface area contributed by atoms with Crippen molar-refractivity contribution < 1.29 is 14.4 Å². The lowest BCUT2D eigenvalue weighted by Gasteiger charge is -2.32. The van der Waals surface area contributed by atoms with E-state index in [0.29, 0.717) is 42.3 Å². The molecule has 0 radical (unpaired) electrons. The predicted molar refractivity (Wildman–Crippen MR) is 140 cm³/mol. The van der Waals surface area contributed by atoms with Crippen LogP contribution in [0.1, 0.15) is 40.6 Å². The van der Waals surface area contributed by atoms with Crippen LogP contribution in [0.15, 0.2) is 71.5 Å². The largest absolute Gasteiger partial charge is 0.338 e. The van der Waals surface area contributed by atoms with Gasteiger partial charge in [0.05, 0.1) is 11.3 Å². The van der Waals surface area contributed by atoms with E-state index in [1.807, 2.05) is 42.5 Å². The van der Waals surface area contributed by atoms with Gasteiger partial charge < -0.3 is 4.90 Å². The Morgan fingerprint density at radius 1 is 0.919 bits per heavy atom. The maximum atomic E-state index is 13.3. The van der Waals surface area contributed by atoms with E-state index in [1.165, 1.54) is 4.68 Å². The lowest BCUT2D eigenvalue weighted by molar-refractivity contribution is -0.127. The smallest absolute Gasteiger partial charge is 0.290 e.